The van der Waals surface area contributed by atoms with E-state index in [4.69, 9.17) is 9.47 Å². The molecular formula is C20H28IN5O2. The van der Waals surface area contributed by atoms with E-state index in [1.54, 1.807) is 7.11 Å². The van der Waals surface area contributed by atoms with E-state index in [2.05, 4.69) is 20.3 Å². The number of nitrogens with one attached hydrogen (secondary N) is 1. The largest absolute Gasteiger partial charge is 0.497 e. The van der Waals surface area contributed by atoms with Crippen molar-refractivity contribution in [1.29, 1.82) is 0 Å². The molecule has 28 heavy (non-hydrogen) atoms. The maximum Gasteiger partial charge on any atom is 0.193 e. The lowest BCUT2D eigenvalue weighted by molar-refractivity contribution is 0.156. The van der Waals surface area contributed by atoms with Gasteiger partial charge in [-0.05, 0) is 43.2 Å². The molecule has 152 valence electrons. The molecule has 4 rings (SSSR count). The Balaban J connectivity index is 0.00000225. The van der Waals surface area contributed by atoms with Crippen LogP contribution in [0.15, 0.2) is 41.5 Å². The van der Waals surface area contributed by atoms with Gasteiger partial charge in [-0.3, -0.25) is 4.99 Å². The second-order valence-electron chi connectivity index (χ2n) is 7.32. The molecule has 1 N–H and O–H groups in total. The molecule has 0 radical (unpaired) electrons. The molecule has 1 aromatic carbocycles. The Morgan fingerprint density at radius 1 is 1.29 bits per heavy atom. The van der Waals surface area contributed by atoms with E-state index in [0.717, 1.165) is 55.8 Å². The molecule has 1 spiro atoms. The SMILES string of the molecule is CN=C(NCc1ccn(-c2ccc(OC)cc2)n1)N1CCC2(CCOC2)C1.I. The van der Waals surface area contributed by atoms with Crippen molar-refractivity contribution >= 4 is 29.9 Å². The van der Waals surface area contributed by atoms with Crippen LogP contribution in [-0.4, -0.2) is 61.1 Å². The van der Waals surface area contributed by atoms with Crippen molar-refractivity contribution in [3.05, 3.63) is 42.2 Å². The number of halogens is 1. The van der Waals surface area contributed by atoms with Crippen LogP contribution in [0.3, 0.4) is 0 Å². The lowest BCUT2D eigenvalue weighted by Gasteiger charge is -2.24. The molecule has 8 heteroatoms. The Hall–Kier alpha value is -1.81. The number of aromatic nitrogens is 2. The molecule has 2 aliphatic rings. The van der Waals surface area contributed by atoms with Gasteiger partial charge in [0.2, 0.25) is 0 Å². The lowest BCUT2D eigenvalue weighted by Crippen LogP contribution is -2.41. The minimum Gasteiger partial charge on any atom is -0.497 e. The van der Waals surface area contributed by atoms with Crippen molar-refractivity contribution in [3.8, 4) is 11.4 Å². The summed E-state index contributed by atoms with van der Waals surface area (Å²) in [6.45, 7) is 4.47. The van der Waals surface area contributed by atoms with Crippen LogP contribution < -0.4 is 10.1 Å². The standard InChI is InChI=1S/C20H27N5O2.HI/c1-21-19(24-11-8-20(14-24)9-12-27-15-20)22-13-16-7-10-25(23-16)17-3-5-18(26-2)6-4-17;/h3-7,10H,8-9,11-15H2,1-2H3,(H,21,22);1H. The lowest BCUT2D eigenvalue weighted by atomic mass is 9.87. The van der Waals surface area contributed by atoms with Crippen LogP contribution in [-0.2, 0) is 11.3 Å². The number of hydrogen-bond acceptors (Lipinski definition) is 4. The summed E-state index contributed by atoms with van der Waals surface area (Å²) in [5, 5.41) is 8.12. The second kappa shape index (κ2) is 9.13. The van der Waals surface area contributed by atoms with Crippen LogP contribution >= 0.6 is 24.0 Å². The number of ether oxygens (including phenoxy) is 2. The number of hydrogen-bond donors (Lipinski definition) is 1. The summed E-state index contributed by atoms with van der Waals surface area (Å²) in [6, 6.07) is 9.89. The first-order chi connectivity index (χ1) is 13.2. The van der Waals surface area contributed by atoms with E-state index in [9.17, 15) is 0 Å². The highest BCUT2D eigenvalue weighted by atomic mass is 127. The van der Waals surface area contributed by atoms with Gasteiger partial charge in [0.25, 0.3) is 0 Å². The van der Waals surface area contributed by atoms with Crippen LogP contribution in [0.4, 0.5) is 0 Å². The first-order valence-corrected chi connectivity index (χ1v) is 9.44. The van der Waals surface area contributed by atoms with Crippen molar-refractivity contribution in [1.82, 2.24) is 20.0 Å². The van der Waals surface area contributed by atoms with Gasteiger partial charge in [0, 0.05) is 38.4 Å². The minimum absolute atomic E-state index is 0. The van der Waals surface area contributed by atoms with Gasteiger partial charge in [0.1, 0.15) is 5.75 Å². The zero-order chi connectivity index (χ0) is 18.7. The molecule has 0 bridgehead atoms. The normalized spacial score (nSPS) is 21.8. The quantitative estimate of drug-likeness (QED) is 0.400. The molecule has 1 atom stereocenters. The number of rotatable bonds is 4. The Kier molecular flexibility index (Phi) is 6.82. The summed E-state index contributed by atoms with van der Waals surface area (Å²) in [5.74, 6) is 1.78. The number of nitrogens with zero attached hydrogens (tertiary/aromatic N) is 4. The van der Waals surface area contributed by atoms with E-state index in [-0.39, 0.29) is 24.0 Å². The van der Waals surface area contributed by atoms with Crippen LogP contribution in [0.5, 0.6) is 5.75 Å². The molecule has 2 aliphatic heterocycles. The highest BCUT2D eigenvalue weighted by Crippen LogP contribution is 2.38. The smallest absolute Gasteiger partial charge is 0.193 e. The highest BCUT2D eigenvalue weighted by molar-refractivity contribution is 14.0. The van der Waals surface area contributed by atoms with E-state index < -0.39 is 0 Å². The van der Waals surface area contributed by atoms with E-state index in [1.165, 1.54) is 6.42 Å². The maximum atomic E-state index is 5.63. The maximum absolute atomic E-state index is 5.63. The fourth-order valence-corrected chi connectivity index (χ4v) is 3.92. The average molecular weight is 497 g/mol. The van der Waals surface area contributed by atoms with Gasteiger partial charge in [0.05, 0.1) is 31.6 Å². The average Bonchev–Trinajstić information content (AvgIpc) is 3.45. The van der Waals surface area contributed by atoms with E-state index in [1.807, 2.05) is 48.3 Å². The Morgan fingerprint density at radius 2 is 2.11 bits per heavy atom. The van der Waals surface area contributed by atoms with Crippen LogP contribution in [0, 0.1) is 5.41 Å². The van der Waals surface area contributed by atoms with Gasteiger partial charge in [0.15, 0.2) is 5.96 Å². The van der Waals surface area contributed by atoms with Crippen molar-refractivity contribution in [2.75, 3.05) is 40.5 Å². The summed E-state index contributed by atoms with van der Waals surface area (Å²) < 4.78 is 12.7. The van der Waals surface area contributed by atoms with Crippen LogP contribution in [0.1, 0.15) is 18.5 Å². The third-order valence-electron chi connectivity index (χ3n) is 5.54. The van der Waals surface area contributed by atoms with Crippen LogP contribution in [0.25, 0.3) is 5.69 Å². The zero-order valence-electron chi connectivity index (χ0n) is 16.4. The first kappa shape index (κ1) is 20.9. The Morgan fingerprint density at radius 3 is 2.79 bits per heavy atom. The fourth-order valence-electron chi connectivity index (χ4n) is 3.92. The predicted octanol–water partition coefficient (Wildman–Crippen LogP) is 2.69. The third-order valence-corrected chi connectivity index (χ3v) is 5.54. The van der Waals surface area contributed by atoms with E-state index in [0.29, 0.717) is 12.0 Å². The van der Waals surface area contributed by atoms with Crippen LogP contribution in [0.2, 0.25) is 0 Å². The van der Waals surface area contributed by atoms with Crippen molar-refractivity contribution < 1.29 is 9.47 Å². The Bertz CT molecular complexity index is 799. The van der Waals surface area contributed by atoms with Crippen molar-refractivity contribution in [3.63, 3.8) is 0 Å². The molecule has 2 saturated heterocycles. The van der Waals surface area contributed by atoms with Crippen molar-refractivity contribution in [2.24, 2.45) is 10.4 Å². The summed E-state index contributed by atoms with van der Waals surface area (Å²) >= 11 is 0. The number of benzene rings is 1. The molecule has 0 amide bonds. The van der Waals surface area contributed by atoms with Gasteiger partial charge < -0.3 is 19.7 Å². The number of aliphatic imine (C=N–C) groups is 1. The zero-order valence-corrected chi connectivity index (χ0v) is 18.8. The molecule has 1 unspecified atom stereocenters. The van der Waals surface area contributed by atoms with Gasteiger partial charge in [-0.2, -0.15) is 5.10 Å². The predicted molar refractivity (Wildman–Crippen MR) is 120 cm³/mol. The molecule has 3 heterocycles. The van der Waals surface area contributed by atoms with Gasteiger partial charge in [-0.15, -0.1) is 24.0 Å². The third kappa shape index (κ3) is 4.43. The summed E-state index contributed by atoms with van der Waals surface area (Å²) in [7, 11) is 3.51. The number of methoxy groups -OCH3 is 1. The van der Waals surface area contributed by atoms with Crippen molar-refractivity contribution in [2.45, 2.75) is 19.4 Å². The summed E-state index contributed by atoms with van der Waals surface area (Å²) in [4.78, 5) is 6.81. The first-order valence-electron chi connectivity index (χ1n) is 9.44. The summed E-state index contributed by atoms with van der Waals surface area (Å²) in [5.41, 5.74) is 2.31. The highest BCUT2D eigenvalue weighted by Gasteiger charge is 2.42. The minimum atomic E-state index is 0. The number of likely N-dealkylation sites (tertiary alicyclic amines) is 1. The second-order valence-corrected chi connectivity index (χ2v) is 7.32. The van der Waals surface area contributed by atoms with Gasteiger partial charge >= 0.3 is 0 Å². The van der Waals surface area contributed by atoms with Gasteiger partial charge in [-0.1, -0.05) is 0 Å². The fraction of sp³-hybridized carbons (Fsp3) is 0.500. The molecular weight excluding hydrogens is 469 g/mol. The molecule has 0 aliphatic carbocycles. The Labute approximate surface area is 183 Å². The van der Waals surface area contributed by atoms with E-state index >= 15 is 0 Å². The summed E-state index contributed by atoms with van der Waals surface area (Å²) in [6.07, 6.45) is 4.31. The van der Waals surface area contributed by atoms with Gasteiger partial charge in [-0.25, -0.2) is 4.68 Å². The molecule has 2 aromatic rings. The molecule has 1 aromatic heterocycles. The molecule has 7 nitrogen and oxygen atoms in total. The monoisotopic (exact) mass is 497 g/mol. The number of guanidine groups is 1. The topological polar surface area (TPSA) is 63.9 Å². The molecule has 0 saturated carbocycles. The molecule has 2 fully saturated rings.